The molecule has 1 saturated heterocycles. The number of hydrogen-bond donors (Lipinski definition) is 0. The molecule has 8 heteroatoms. The molecule has 1 atom stereocenters. The monoisotopic (exact) mass is 340 g/mol. The first-order valence-electron chi connectivity index (χ1n) is 8.09. The van der Waals surface area contributed by atoms with Crippen LogP contribution in [0, 0.1) is 5.82 Å². The minimum Gasteiger partial charge on any atom is -0.330 e. The van der Waals surface area contributed by atoms with E-state index in [1.165, 1.54) is 16.8 Å². The molecule has 128 valence electrons. The second kappa shape index (κ2) is 6.12. The Labute approximate surface area is 143 Å². The van der Waals surface area contributed by atoms with Crippen molar-refractivity contribution in [2.24, 2.45) is 7.05 Å². The van der Waals surface area contributed by atoms with E-state index in [2.05, 4.69) is 15.4 Å². The van der Waals surface area contributed by atoms with Crippen molar-refractivity contribution >= 4 is 5.91 Å². The summed E-state index contributed by atoms with van der Waals surface area (Å²) in [6, 6.07) is 5.88. The summed E-state index contributed by atoms with van der Waals surface area (Å²) in [4.78, 5) is 14.7. The minimum absolute atomic E-state index is 0.0113. The molecule has 0 radical (unpaired) electrons. The van der Waals surface area contributed by atoms with Crippen LogP contribution < -0.4 is 0 Å². The number of aromatic nitrogens is 5. The number of hydrogen-bond acceptors (Lipinski definition) is 4. The van der Waals surface area contributed by atoms with Crippen molar-refractivity contribution in [1.82, 2.24) is 29.7 Å². The Morgan fingerprint density at radius 2 is 2.04 bits per heavy atom. The molecule has 3 aromatic rings. The predicted octanol–water partition coefficient (Wildman–Crippen LogP) is 2.12. The van der Waals surface area contributed by atoms with Crippen molar-refractivity contribution in [3.63, 3.8) is 0 Å². The largest absolute Gasteiger partial charge is 0.330 e. The molecule has 0 bridgehead atoms. The summed E-state index contributed by atoms with van der Waals surface area (Å²) in [6.45, 7) is 0.682. The lowest BCUT2D eigenvalue weighted by molar-refractivity contribution is 0.0729. The van der Waals surface area contributed by atoms with Gasteiger partial charge in [-0.1, -0.05) is 5.21 Å². The van der Waals surface area contributed by atoms with Gasteiger partial charge in [-0.2, -0.15) is 5.10 Å². The third-order valence-electron chi connectivity index (χ3n) is 4.43. The maximum atomic E-state index is 13.0. The highest BCUT2D eigenvalue weighted by molar-refractivity contribution is 5.92. The van der Waals surface area contributed by atoms with E-state index in [4.69, 9.17) is 0 Å². The summed E-state index contributed by atoms with van der Waals surface area (Å²) in [6.07, 6.45) is 7.16. The lowest BCUT2D eigenvalue weighted by atomic mass is 10.1. The molecular formula is C17H17FN6O. The van der Waals surface area contributed by atoms with E-state index >= 15 is 0 Å². The molecule has 1 aliphatic heterocycles. The van der Waals surface area contributed by atoms with Gasteiger partial charge in [0.15, 0.2) is 5.69 Å². The summed E-state index contributed by atoms with van der Waals surface area (Å²) < 4.78 is 16.2. The van der Waals surface area contributed by atoms with Gasteiger partial charge >= 0.3 is 0 Å². The number of aryl methyl sites for hydroxylation is 1. The summed E-state index contributed by atoms with van der Waals surface area (Å²) in [7, 11) is 1.86. The third kappa shape index (κ3) is 2.90. The SMILES string of the molecule is Cn1cc(C2CCCN2C(=O)c2cn(-c3ccc(F)cc3)nn2)cn1. The Hall–Kier alpha value is -3.03. The zero-order valence-electron chi connectivity index (χ0n) is 13.7. The van der Waals surface area contributed by atoms with Gasteiger partial charge in [0, 0.05) is 25.4 Å². The van der Waals surface area contributed by atoms with Crippen molar-refractivity contribution in [1.29, 1.82) is 0 Å². The second-order valence-electron chi connectivity index (χ2n) is 6.13. The number of carbonyl (C=O) groups excluding carboxylic acids is 1. The zero-order chi connectivity index (χ0) is 17.4. The second-order valence-corrected chi connectivity index (χ2v) is 6.13. The van der Waals surface area contributed by atoms with E-state index in [-0.39, 0.29) is 23.5 Å². The van der Waals surface area contributed by atoms with E-state index in [0.717, 1.165) is 18.4 Å². The number of halogens is 1. The zero-order valence-corrected chi connectivity index (χ0v) is 13.7. The quantitative estimate of drug-likeness (QED) is 0.732. The Morgan fingerprint density at radius 1 is 1.24 bits per heavy atom. The van der Waals surface area contributed by atoms with Gasteiger partial charge < -0.3 is 4.90 Å². The summed E-state index contributed by atoms with van der Waals surface area (Å²) >= 11 is 0. The topological polar surface area (TPSA) is 68.8 Å². The molecule has 4 rings (SSSR count). The molecule has 7 nitrogen and oxygen atoms in total. The number of likely N-dealkylation sites (tertiary alicyclic amines) is 1. The fraction of sp³-hybridized carbons (Fsp3) is 0.294. The van der Waals surface area contributed by atoms with Gasteiger partial charge in [-0.25, -0.2) is 9.07 Å². The van der Waals surface area contributed by atoms with Gasteiger partial charge in [-0.15, -0.1) is 5.10 Å². The normalized spacial score (nSPS) is 17.2. The molecule has 1 amide bonds. The first-order valence-corrected chi connectivity index (χ1v) is 8.09. The average molecular weight is 340 g/mol. The number of benzene rings is 1. The van der Waals surface area contributed by atoms with E-state index < -0.39 is 0 Å². The summed E-state index contributed by atoms with van der Waals surface area (Å²) in [5.41, 5.74) is 1.96. The highest BCUT2D eigenvalue weighted by Gasteiger charge is 2.32. The Morgan fingerprint density at radius 3 is 2.76 bits per heavy atom. The van der Waals surface area contributed by atoms with E-state index in [1.807, 2.05) is 18.1 Å². The standard InChI is InChI=1S/C17H17FN6O/c1-22-10-12(9-19-22)16-3-2-8-23(16)17(25)15-11-24(21-20-15)14-6-4-13(18)5-7-14/h4-7,9-11,16H,2-3,8H2,1H3. The number of carbonyl (C=O) groups is 1. The van der Waals surface area contributed by atoms with Crippen LogP contribution in [-0.4, -0.2) is 42.1 Å². The van der Waals surface area contributed by atoms with Crippen molar-refractivity contribution in [2.75, 3.05) is 6.54 Å². The van der Waals surface area contributed by atoms with Crippen LogP contribution >= 0.6 is 0 Å². The van der Waals surface area contributed by atoms with Crippen LogP contribution in [0.15, 0.2) is 42.9 Å². The lowest BCUT2D eigenvalue weighted by Crippen LogP contribution is -2.30. The Kier molecular flexibility index (Phi) is 3.79. The van der Waals surface area contributed by atoms with Crippen LogP contribution in [0.1, 0.15) is 34.9 Å². The summed E-state index contributed by atoms with van der Waals surface area (Å²) in [5.74, 6) is -0.476. The van der Waals surface area contributed by atoms with Gasteiger partial charge in [0.05, 0.1) is 24.1 Å². The molecule has 0 spiro atoms. The third-order valence-corrected chi connectivity index (χ3v) is 4.43. The van der Waals surface area contributed by atoms with Crippen LogP contribution in [0.4, 0.5) is 4.39 Å². The number of rotatable bonds is 3. The molecule has 0 saturated carbocycles. The van der Waals surface area contributed by atoms with Gasteiger partial charge in [-0.3, -0.25) is 9.48 Å². The minimum atomic E-state index is -0.323. The van der Waals surface area contributed by atoms with Gasteiger partial charge in [0.1, 0.15) is 5.82 Å². The van der Waals surface area contributed by atoms with Crippen molar-refractivity contribution in [3.05, 3.63) is 59.9 Å². The molecule has 2 aromatic heterocycles. The highest BCUT2D eigenvalue weighted by atomic mass is 19.1. The van der Waals surface area contributed by atoms with Gasteiger partial charge in [0.25, 0.3) is 5.91 Å². The maximum Gasteiger partial charge on any atom is 0.276 e. The number of amides is 1. The molecule has 1 aromatic carbocycles. The molecule has 3 heterocycles. The van der Waals surface area contributed by atoms with E-state index in [0.29, 0.717) is 12.2 Å². The van der Waals surface area contributed by atoms with E-state index in [1.54, 1.807) is 29.2 Å². The molecule has 0 N–H and O–H groups in total. The molecule has 1 fully saturated rings. The van der Waals surface area contributed by atoms with Crippen molar-refractivity contribution < 1.29 is 9.18 Å². The average Bonchev–Trinajstić information content (AvgIpc) is 3.35. The predicted molar refractivity (Wildman–Crippen MR) is 87.5 cm³/mol. The highest BCUT2D eigenvalue weighted by Crippen LogP contribution is 2.32. The Balaban J connectivity index is 1.57. The maximum absolute atomic E-state index is 13.0. The smallest absolute Gasteiger partial charge is 0.276 e. The lowest BCUT2D eigenvalue weighted by Gasteiger charge is -2.22. The molecule has 0 aliphatic carbocycles. The van der Waals surface area contributed by atoms with Crippen molar-refractivity contribution in [3.8, 4) is 5.69 Å². The molecular weight excluding hydrogens is 323 g/mol. The van der Waals surface area contributed by atoms with Gasteiger partial charge in [0.2, 0.25) is 0 Å². The van der Waals surface area contributed by atoms with Crippen LogP contribution in [-0.2, 0) is 7.05 Å². The first kappa shape index (κ1) is 15.5. The fourth-order valence-corrected chi connectivity index (χ4v) is 3.20. The number of nitrogens with zero attached hydrogens (tertiary/aromatic N) is 6. The summed E-state index contributed by atoms with van der Waals surface area (Å²) in [5, 5.41) is 12.2. The van der Waals surface area contributed by atoms with Gasteiger partial charge in [-0.05, 0) is 37.1 Å². The van der Waals surface area contributed by atoms with Crippen LogP contribution in [0.5, 0.6) is 0 Å². The Bertz CT molecular complexity index is 900. The molecule has 1 aliphatic rings. The molecule has 25 heavy (non-hydrogen) atoms. The van der Waals surface area contributed by atoms with Crippen LogP contribution in [0.25, 0.3) is 5.69 Å². The molecule has 1 unspecified atom stereocenters. The van der Waals surface area contributed by atoms with Crippen LogP contribution in [0.2, 0.25) is 0 Å². The van der Waals surface area contributed by atoms with Crippen molar-refractivity contribution in [2.45, 2.75) is 18.9 Å². The fourth-order valence-electron chi connectivity index (χ4n) is 3.20. The van der Waals surface area contributed by atoms with Crippen LogP contribution in [0.3, 0.4) is 0 Å². The first-order chi connectivity index (χ1) is 12.1. The van der Waals surface area contributed by atoms with E-state index in [9.17, 15) is 9.18 Å².